The Morgan fingerprint density at radius 2 is 1.53 bits per heavy atom. The molecule has 0 bridgehead atoms. The van der Waals surface area contributed by atoms with Crippen molar-refractivity contribution in [3.05, 3.63) is 90.0 Å². The zero-order valence-corrected chi connectivity index (χ0v) is 16.6. The fraction of sp³-hybridized carbons (Fsp3) is 0.0833. The summed E-state index contributed by atoms with van der Waals surface area (Å²) in [5.74, 6) is 0.734. The van der Waals surface area contributed by atoms with Crippen LogP contribution in [0.15, 0.2) is 78.9 Å². The van der Waals surface area contributed by atoms with Crippen molar-refractivity contribution < 1.29 is 23.8 Å². The highest BCUT2D eigenvalue weighted by Crippen LogP contribution is 2.28. The van der Waals surface area contributed by atoms with Gasteiger partial charge in [0.15, 0.2) is 11.5 Å². The lowest BCUT2D eigenvalue weighted by Crippen LogP contribution is -2.11. The van der Waals surface area contributed by atoms with E-state index < -0.39 is 5.97 Å². The number of amides is 1. The number of rotatable bonds is 7. The summed E-state index contributed by atoms with van der Waals surface area (Å²) >= 11 is 0. The van der Waals surface area contributed by atoms with Crippen molar-refractivity contribution in [1.29, 1.82) is 0 Å². The highest BCUT2D eigenvalue weighted by molar-refractivity contribution is 6.04. The molecule has 6 nitrogen and oxygen atoms in total. The number of hydrogen-bond acceptors (Lipinski definition) is 5. The Labute approximate surface area is 174 Å². The molecule has 0 aliphatic rings. The maximum absolute atomic E-state index is 12.3. The van der Waals surface area contributed by atoms with E-state index in [2.05, 4.69) is 5.32 Å². The molecule has 1 N–H and O–H groups in total. The first-order valence-electron chi connectivity index (χ1n) is 9.17. The van der Waals surface area contributed by atoms with Gasteiger partial charge in [0.25, 0.3) is 5.91 Å². The van der Waals surface area contributed by atoms with E-state index in [1.54, 1.807) is 74.9 Å². The maximum Gasteiger partial charge on any atom is 0.336 e. The van der Waals surface area contributed by atoms with Crippen molar-refractivity contribution in [3.8, 4) is 17.2 Å². The molecule has 0 fully saturated rings. The largest absolute Gasteiger partial charge is 0.493 e. The molecule has 30 heavy (non-hydrogen) atoms. The van der Waals surface area contributed by atoms with E-state index in [4.69, 9.17) is 14.2 Å². The third-order valence-electron chi connectivity index (χ3n) is 4.19. The van der Waals surface area contributed by atoms with Crippen LogP contribution >= 0.6 is 0 Å². The number of esters is 1. The summed E-state index contributed by atoms with van der Waals surface area (Å²) in [6.07, 6.45) is 2.93. The molecule has 0 atom stereocenters. The molecule has 0 radical (unpaired) electrons. The molecular formula is C24H21NO5. The van der Waals surface area contributed by atoms with Gasteiger partial charge >= 0.3 is 5.97 Å². The van der Waals surface area contributed by atoms with Crippen LogP contribution in [0.1, 0.15) is 15.9 Å². The molecule has 1 amide bonds. The third kappa shape index (κ3) is 5.48. The molecule has 3 aromatic rings. The van der Waals surface area contributed by atoms with Gasteiger partial charge in [0.1, 0.15) is 5.75 Å². The van der Waals surface area contributed by atoms with Crippen LogP contribution in [0.25, 0.3) is 6.08 Å². The average Bonchev–Trinajstić information content (AvgIpc) is 2.78. The lowest BCUT2D eigenvalue weighted by atomic mass is 10.2. The van der Waals surface area contributed by atoms with Crippen molar-refractivity contribution in [2.75, 3.05) is 19.5 Å². The maximum atomic E-state index is 12.3. The Kier molecular flexibility index (Phi) is 6.84. The molecule has 6 heteroatoms. The molecule has 0 aliphatic heterocycles. The molecule has 0 heterocycles. The molecule has 3 aromatic carbocycles. The van der Waals surface area contributed by atoms with E-state index >= 15 is 0 Å². The van der Waals surface area contributed by atoms with Crippen LogP contribution in [0, 0.1) is 0 Å². The summed E-state index contributed by atoms with van der Waals surface area (Å²) in [6, 6.07) is 20.8. The van der Waals surface area contributed by atoms with Gasteiger partial charge in [-0.3, -0.25) is 4.79 Å². The summed E-state index contributed by atoms with van der Waals surface area (Å²) < 4.78 is 15.7. The second kappa shape index (κ2) is 9.93. The van der Waals surface area contributed by atoms with E-state index in [0.29, 0.717) is 28.5 Å². The van der Waals surface area contributed by atoms with E-state index in [0.717, 1.165) is 5.56 Å². The summed E-state index contributed by atoms with van der Waals surface area (Å²) in [5.41, 5.74) is 1.93. The van der Waals surface area contributed by atoms with Gasteiger partial charge in [-0.25, -0.2) is 4.79 Å². The zero-order valence-electron chi connectivity index (χ0n) is 16.6. The Morgan fingerprint density at radius 1 is 0.833 bits per heavy atom. The Balaban J connectivity index is 1.59. The molecular weight excluding hydrogens is 382 g/mol. The molecule has 0 spiro atoms. The van der Waals surface area contributed by atoms with Gasteiger partial charge in [-0.15, -0.1) is 0 Å². The fourth-order valence-electron chi connectivity index (χ4n) is 2.67. The Morgan fingerprint density at radius 3 is 2.20 bits per heavy atom. The van der Waals surface area contributed by atoms with Gasteiger partial charge in [-0.1, -0.05) is 24.3 Å². The first kappa shape index (κ1) is 20.7. The minimum Gasteiger partial charge on any atom is -0.493 e. The zero-order chi connectivity index (χ0) is 21.3. The Bertz CT molecular complexity index is 1040. The van der Waals surface area contributed by atoms with Crippen LogP contribution in [-0.4, -0.2) is 26.1 Å². The van der Waals surface area contributed by atoms with Crippen molar-refractivity contribution in [2.24, 2.45) is 0 Å². The van der Waals surface area contributed by atoms with Gasteiger partial charge in [0.2, 0.25) is 0 Å². The molecule has 0 saturated heterocycles. The van der Waals surface area contributed by atoms with E-state index in [9.17, 15) is 9.59 Å². The second-order valence-electron chi connectivity index (χ2n) is 6.21. The van der Waals surface area contributed by atoms with E-state index in [1.165, 1.54) is 6.08 Å². The quantitative estimate of drug-likeness (QED) is 0.355. The Hall–Kier alpha value is -4.06. The normalized spacial score (nSPS) is 10.5. The van der Waals surface area contributed by atoms with Crippen LogP contribution in [0.3, 0.4) is 0 Å². The van der Waals surface area contributed by atoms with Crippen LogP contribution in [-0.2, 0) is 4.79 Å². The highest BCUT2D eigenvalue weighted by Gasteiger charge is 2.08. The van der Waals surface area contributed by atoms with Gasteiger partial charge in [0, 0.05) is 17.3 Å². The minimum atomic E-state index is -0.536. The lowest BCUT2D eigenvalue weighted by Gasteiger charge is -2.07. The number of anilines is 1. The highest BCUT2D eigenvalue weighted by atomic mass is 16.5. The van der Waals surface area contributed by atoms with Gasteiger partial charge in [-0.05, 0) is 60.2 Å². The van der Waals surface area contributed by atoms with Gasteiger partial charge in [0.05, 0.1) is 14.2 Å². The third-order valence-corrected chi connectivity index (χ3v) is 4.19. The number of nitrogens with one attached hydrogen (secondary N) is 1. The minimum absolute atomic E-state index is 0.243. The first-order valence-corrected chi connectivity index (χ1v) is 9.17. The van der Waals surface area contributed by atoms with E-state index in [-0.39, 0.29) is 5.91 Å². The smallest absolute Gasteiger partial charge is 0.336 e. The predicted molar refractivity (Wildman–Crippen MR) is 115 cm³/mol. The number of hydrogen-bond donors (Lipinski definition) is 1. The fourth-order valence-corrected chi connectivity index (χ4v) is 2.67. The van der Waals surface area contributed by atoms with Crippen molar-refractivity contribution in [1.82, 2.24) is 0 Å². The SMILES string of the molecule is COc1ccc(/C=C/C(=O)Oc2ccc(C(=O)Nc3ccccc3)cc2)cc1OC. The van der Waals surface area contributed by atoms with Gasteiger partial charge < -0.3 is 19.5 Å². The van der Waals surface area contributed by atoms with Crippen LogP contribution in [0.5, 0.6) is 17.2 Å². The number of methoxy groups -OCH3 is 2. The molecule has 0 saturated carbocycles. The molecule has 0 unspecified atom stereocenters. The molecule has 0 aliphatic carbocycles. The summed E-state index contributed by atoms with van der Waals surface area (Å²) in [6.45, 7) is 0. The summed E-state index contributed by atoms with van der Waals surface area (Å²) in [7, 11) is 3.10. The van der Waals surface area contributed by atoms with Crippen molar-refractivity contribution >= 4 is 23.6 Å². The summed E-state index contributed by atoms with van der Waals surface area (Å²) in [4.78, 5) is 24.3. The average molecular weight is 403 g/mol. The number of ether oxygens (including phenoxy) is 3. The molecule has 3 rings (SSSR count). The summed E-state index contributed by atoms with van der Waals surface area (Å²) in [5, 5.41) is 2.80. The second-order valence-corrected chi connectivity index (χ2v) is 6.21. The number of carbonyl (C=O) groups is 2. The van der Waals surface area contributed by atoms with Crippen molar-refractivity contribution in [3.63, 3.8) is 0 Å². The van der Waals surface area contributed by atoms with Crippen LogP contribution in [0.4, 0.5) is 5.69 Å². The number of para-hydroxylation sites is 1. The van der Waals surface area contributed by atoms with Crippen LogP contribution in [0.2, 0.25) is 0 Å². The standard InChI is InChI=1S/C24H21NO5/c1-28-21-14-8-17(16-22(21)29-2)9-15-23(26)30-20-12-10-18(11-13-20)24(27)25-19-6-4-3-5-7-19/h3-16H,1-2H3,(H,25,27)/b15-9+. The molecule has 152 valence electrons. The van der Waals surface area contributed by atoms with Gasteiger partial charge in [-0.2, -0.15) is 0 Å². The topological polar surface area (TPSA) is 73.9 Å². The molecule has 0 aromatic heterocycles. The van der Waals surface area contributed by atoms with Crippen LogP contribution < -0.4 is 19.5 Å². The number of carbonyl (C=O) groups excluding carboxylic acids is 2. The number of benzene rings is 3. The predicted octanol–water partition coefficient (Wildman–Crippen LogP) is 4.57. The van der Waals surface area contributed by atoms with E-state index in [1.807, 2.05) is 18.2 Å². The van der Waals surface area contributed by atoms with Crippen molar-refractivity contribution in [2.45, 2.75) is 0 Å². The lowest BCUT2D eigenvalue weighted by molar-refractivity contribution is -0.128. The first-order chi connectivity index (χ1) is 14.6. The monoisotopic (exact) mass is 403 g/mol.